The molecule has 0 bridgehead atoms. The fourth-order valence-corrected chi connectivity index (χ4v) is 2.73. The molecular weight excluding hydrogens is 292 g/mol. The molecule has 3 rings (SSSR count). The Morgan fingerprint density at radius 2 is 1.65 bits per heavy atom. The molecule has 118 valence electrons. The number of hydrogen-bond acceptors (Lipinski definition) is 4. The molecule has 0 radical (unpaired) electrons. The summed E-state index contributed by atoms with van der Waals surface area (Å²) in [5, 5.41) is 0. The molecule has 1 aliphatic heterocycles. The molecule has 0 saturated carbocycles. The predicted molar refractivity (Wildman–Crippen MR) is 87.3 cm³/mol. The van der Waals surface area contributed by atoms with Gasteiger partial charge >= 0.3 is 0 Å². The highest BCUT2D eigenvalue weighted by atomic mass is 16.2. The van der Waals surface area contributed by atoms with E-state index in [-0.39, 0.29) is 5.91 Å². The van der Waals surface area contributed by atoms with Crippen LogP contribution in [-0.4, -0.2) is 47.9 Å². The molecule has 6 heteroatoms. The summed E-state index contributed by atoms with van der Waals surface area (Å²) in [5.41, 5.74) is 6.51. The third-order valence-electron chi connectivity index (χ3n) is 3.94. The number of nitrogens with two attached hydrogens (primary N) is 1. The number of carbonyl (C=O) groups excluding carboxylic acids is 2. The van der Waals surface area contributed by atoms with Gasteiger partial charge in [-0.05, 0) is 24.3 Å². The smallest absolute Gasteiger partial charge is 0.253 e. The number of rotatable bonds is 3. The van der Waals surface area contributed by atoms with Gasteiger partial charge in [0.2, 0.25) is 0 Å². The van der Waals surface area contributed by atoms with Crippen LogP contribution in [0.2, 0.25) is 0 Å². The summed E-state index contributed by atoms with van der Waals surface area (Å²) >= 11 is 0. The van der Waals surface area contributed by atoms with E-state index in [9.17, 15) is 9.59 Å². The standard InChI is InChI=1S/C17H18N4O2/c18-15(22)14-7-4-8-19-16(14)20-9-11-21(12-10-20)17(23)13-5-2-1-3-6-13/h1-8H,9-12H2,(H2,18,22). The average Bonchev–Trinajstić information content (AvgIpc) is 2.62. The van der Waals surface area contributed by atoms with Crippen molar-refractivity contribution in [3.8, 4) is 0 Å². The van der Waals surface area contributed by atoms with E-state index in [1.54, 1.807) is 18.3 Å². The zero-order valence-electron chi connectivity index (χ0n) is 12.7. The van der Waals surface area contributed by atoms with Crippen molar-refractivity contribution in [1.82, 2.24) is 9.88 Å². The van der Waals surface area contributed by atoms with Crippen LogP contribution in [0.15, 0.2) is 48.7 Å². The molecule has 2 aromatic rings. The van der Waals surface area contributed by atoms with Crippen molar-refractivity contribution in [2.45, 2.75) is 0 Å². The lowest BCUT2D eigenvalue weighted by Gasteiger charge is -2.36. The van der Waals surface area contributed by atoms with Crippen LogP contribution in [0.3, 0.4) is 0 Å². The molecule has 0 unspecified atom stereocenters. The number of anilines is 1. The Balaban J connectivity index is 1.70. The van der Waals surface area contributed by atoms with Crippen molar-refractivity contribution in [2.24, 2.45) is 5.73 Å². The van der Waals surface area contributed by atoms with Crippen molar-refractivity contribution >= 4 is 17.6 Å². The molecule has 2 heterocycles. The third kappa shape index (κ3) is 3.15. The molecule has 23 heavy (non-hydrogen) atoms. The van der Waals surface area contributed by atoms with E-state index in [0.717, 1.165) is 0 Å². The minimum absolute atomic E-state index is 0.0291. The number of amides is 2. The second-order valence-corrected chi connectivity index (χ2v) is 5.38. The van der Waals surface area contributed by atoms with Crippen LogP contribution in [-0.2, 0) is 0 Å². The highest BCUT2D eigenvalue weighted by molar-refractivity contribution is 5.98. The first-order valence-electron chi connectivity index (χ1n) is 7.51. The molecule has 1 aromatic heterocycles. The maximum atomic E-state index is 12.4. The number of pyridine rings is 1. The lowest BCUT2D eigenvalue weighted by atomic mass is 10.1. The van der Waals surface area contributed by atoms with Gasteiger partial charge in [-0.2, -0.15) is 0 Å². The molecule has 1 aliphatic rings. The average molecular weight is 310 g/mol. The van der Waals surface area contributed by atoms with Gasteiger partial charge in [0.15, 0.2) is 0 Å². The van der Waals surface area contributed by atoms with E-state index in [0.29, 0.717) is 43.1 Å². The molecule has 2 amide bonds. The van der Waals surface area contributed by atoms with Crippen LogP contribution in [0.25, 0.3) is 0 Å². The van der Waals surface area contributed by atoms with Gasteiger partial charge < -0.3 is 15.5 Å². The first kappa shape index (κ1) is 15.0. The van der Waals surface area contributed by atoms with E-state index < -0.39 is 5.91 Å². The van der Waals surface area contributed by atoms with Crippen LogP contribution in [0.4, 0.5) is 5.82 Å². The summed E-state index contributed by atoms with van der Waals surface area (Å²) in [6.45, 7) is 2.41. The van der Waals surface area contributed by atoms with Gasteiger partial charge in [0.25, 0.3) is 11.8 Å². The molecular formula is C17H18N4O2. The molecule has 0 atom stereocenters. The lowest BCUT2D eigenvalue weighted by Crippen LogP contribution is -2.49. The van der Waals surface area contributed by atoms with E-state index in [1.807, 2.05) is 40.1 Å². The van der Waals surface area contributed by atoms with E-state index in [1.165, 1.54) is 0 Å². The zero-order chi connectivity index (χ0) is 16.2. The second-order valence-electron chi connectivity index (χ2n) is 5.38. The summed E-state index contributed by atoms with van der Waals surface area (Å²) in [5.74, 6) is 0.129. The zero-order valence-corrected chi connectivity index (χ0v) is 12.7. The van der Waals surface area contributed by atoms with Crippen LogP contribution in [0, 0.1) is 0 Å². The van der Waals surface area contributed by atoms with Crippen molar-refractivity contribution < 1.29 is 9.59 Å². The monoisotopic (exact) mass is 310 g/mol. The normalized spacial score (nSPS) is 14.6. The fraction of sp³-hybridized carbons (Fsp3) is 0.235. The summed E-state index contributed by atoms with van der Waals surface area (Å²) < 4.78 is 0. The SMILES string of the molecule is NC(=O)c1cccnc1N1CCN(C(=O)c2ccccc2)CC1. The van der Waals surface area contributed by atoms with Gasteiger partial charge in [0.1, 0.15) is 5.82 Å². The van der Waals surface area contributed by atoms with E-state index in [2.05, 4.69) is 4.98 Å². The Kier molecular flexibility index (Phi) is 4.23. The van der Waals surface area contributed by atoms with Gasteiger partial charge in [0, 0.05) is 37.9 Å². The van der Waals surface area contributed by atoms with Crippen LogP contribution >= 0.6 is 0 Å². The summed E-state index contributed by atoms with van der Waals surface area (Å²) in [6.07, 6.45) is 1.64. The maximum absolute atomic E-state index is 12.4. The van der Waals surface area contributed by atoms with Gasteiger partial charge in [-0.1, -0.05) is 18.2 Å². The Bertz CT molecular complexity index is 710. The van der Waals surface area contributed by atoms with Crippen molar-refractivity contribution in [1.29, 1.82) is 0 Å². The predicted octanol–water partition coefficient (Wildman–Crippen LogP) is 1.14. The van der Waals surface area contributed by atoms with Crippen LogP contribution in [0.5, 0.6) is 0 Å². The Hall–Kier alpha value is -2.89. The quantitative estimate of drug-likeness (QED) is 0.922. The van der Waals surface area contributed by atoms with Crippen LogP contribution in [0.1, 0.15) is 20.7 Å². The molecule has 0 aliphatic carbocycles. The van der Waals surface area contributed by atoms with E-state index >= 15 is 0 Å². The summed E-state index contributed by atoms with van der Waals surface area (Å²) in [4.78, 5) is 32.0. The molecule has 2 N–H and O–H groups in total. The second kappa shape index (κ2) is 6.48. The van der Waals surface area contributed by atoms with Gasteiger partial charge in [-0.15, -0.1) is 0 Å². The third-order valence-corrected chi connectivity index (χ3v) is 3.94. The Morgan fingerprint density at radius 3 is 2.30 bits per heavy atom. The number of carbonyl (C=O) groups is 2. The number of aromatic nitrogens is 1. The molecule has 1 aromatic carbocycles. The molecule has 1 fully saturated rings. The van der Waals surface area contributed by atoms with Crippen molar-refractivity contribution in [3.05, 3.63) is 59.8 Å². The van der Waals surface area contributed by atoms with Gasteiger partial charge in [-0.3, -0.25) is 9.59 Å². The maximum Gasteiger partial charge on any atom is 0.253 e. The first-order chi connectivity index (χ1) is 11.2. The number of benzene rings is 1. The molecule has 0 spiro atoms. The van der Waals surface area contributed by atoms with Crippen molar-refractivity contribution in [2.75, 3.05) is 31.1 Å². The Labute approximate surface area is 134 Å². The van der Waals surface area contributed by atoms with Crippen molar-refractivity contribution in [3.63, 3.8) is 0 Å². The minimum Gasteiger partial charge on any atom is -0.365 e. The van der Waals surface area contributed by atoms with Gasteiger partial charge in [-0.25, -0.2) is 4.98 Å². The molecule has 6 nitrogen and oxygen atoms in total. The Morgan fingerprint density at radius 1 is 0.957 bits per heavy atom. The fourth-order valence-electron chi connectivity index (χ4n) is 2.73. The number of piperazine rings is 1. The first-order valence-corrected chi connectivity index (χ1v) is 7.51. The molecule has 1 saturated heterocycles. The summed E-state index contributed by atoms with van der Waals surface area (Å²) in [6, 6.07) is 12.6. The van der Waals surface area contributed by atoms with E-state index in [4.69, 9.17) is 5.73 Å². The topological polar surface area (TPSA) is 79.5 Å². The highest BCUT2D eigenvalue weighted by Crippen LogP contribution is 2.19. The summed E-state index contributed by atoms with van der Waals surface area (Å²) in [7, 11) is 0. The van der Waals surface area contributed by atoms with Crippen LogP contribution < -0.4 is 10.6 Å². The number of primary amides is 1. The minimum atomic E-state index is -0.490. The number of nitrogens with zero attached hydrogens (tertiary/aromatic N) is 3. The lowest BCUT2D eigenvalue weighted by molar-refractivity contribution is 0.0746. The number of hydrogen-bond donors (Lipinski definition) is 1. The highest BCUT2D eigenvalue weighted by Gasteiger charge is 2.24. The largest absolute Gasteiger partial charge is 0.365 e. The van der Waals surface area contributed by atoms with Gasteiger partial charge in [0.05, 0.1) is 5.56 Å².